The predicted molar refractivity (Wildman–Crippen MR) is 76.3 cm³/mol. The van der Waals surface area contributed by atoms with Crippen molar-refractivity contribution < 1.29 is 12.3 Å². The molecule has 1 fully saturated rings. The Morgan fingerprint density at radius 1 is 0.562 bits per heavy atom. The van der Waals surface area contributed by atoms with E-state index in [1.54, 1.807) is 0 Å². The van der Waals surface area contributed by atoms with Crippen LogP contribution in [-0.4, -0.2) is 34.1 Å². The van der Waals surface area contributed by atoms with E-state index >= 15 is 0 Å². The minimum absolute atomic E-state index is 1.86. The Balaban J connectivity index is 2.98. The van der Waals surface area contributed by atoms with Crippen molar-refractivity contribution in [2.75, 3.05) is 0 Å². The monoisotopic (exact) mass is 295 g/mol. The van der Waals surface area contributed by atoms with Crippen molar-refractivity contribution in [3.63, 3.8) is 0 Å². The van der Waals surface area contributed by atoms with Gasteiger partial charge in [-0.1, -0.05) is 0 Å². The Labute approximate surface area is 104 Å². The van der Waals surface area contributed by atoms with Gasteiger partial charge in [0.25, 0.3) is 0 Å². The van der Waals surface area contributed by atoms with Crippen LogP contribution >= 0.6 is 0 Å². The van der Waals surface area contributed by atoms with Crippen molar-refractivity contribution in [1.29, 1.82) is 0 Å². The molecule has 0 amide bonds. The Kier molecular flexibility index (Phi) is 3.81. The largest absolute Gasteiger partial charge is 0.425 e. The molecule has 1 heterocycles. The lowest BCUT2D eigenvalue weighted by Gasteiger charge is -2.47. The summed E-state index contributed by atoms with van der Waals surface area (Å²) >= 11 is 0. The number of nitrogens with one attached hydrogen (secondary N) is 1. The maximum Gasteiger partial charge on any atom is 0.313 e. The van der Waals surface area contributed by atoms with Crippen molar-refractivity contribution in [1.82, 2.24) is 4.65 Å². The van der Waals surface area contributed by atoms with Crippen molar-refractivity contribution in [2.24, 2.45) is 0 Å². The zero-order valence-electron chi connectivity index (χ0n) is 11.7. The van der Waals surface area contributed by atoms with Crippen LogP contribution in [0.15, 0.2) is 0 Å². The van der Waals surface area contributed by atoms with Gasteiger partial charge in [-0.05, 0) is 52.4 Å². The first-order chi connectivity index (χ1) is 6.83. The third-order valence-electron chi connectivity index (χ3n) is 2.10. The van der Waals surface area contributed by atoms with E-state index in [4.69, 9.17) is 12.3 Å². The van der Waals surface area contributed by atoms with E-state index in [-0.39, 0.29) is 0 Å². The molecule has 8 heteroatoms. The van der Waals surface area contributed by atoms with Gasteiger partial charge < -0.3 is 17.0 Å². The standard InChI is InChI=1S/C8H25NO3Si4/c1-13(2)9-14(3,4)11-16(7,8)12-15(5,6)10-13/h9H,1-8H3. The molecule has 1 saturated heterocycles. The molecule has 0 spiro atoms. The number of hydrogen-bond donors (Lipinski definition) is 1. The summed E-state index contributed by atoms with van der Waals surface area (Å²) < 4.78 is 22.4. The molecule has 1 rings (SSSR count). The van der Waals surface area contributed by atoms with Crippen LogP contribution in [-0.2, 0) is 12.3 Å². The van der Waals surface area contributed by atoms with E-state index in [1.807, 2.05) is 0 Å². The molecule has 0 saturated carbocycles. The maximum atomic E-state index is 6.27. The van der Waals surface area contributed by atoms with E-state index in [9.17, 15) is 0 Å². The molecule has 1 N–H and O–H groups in total. The average Bonchev–Trinajstić information content (AvgIpc) is 1.67. The van der Waals surface area contributed by atoms with E-state index in [0.29, 0.717) is 0 Å². The van der Waals surface area contributed by atoms with Crippen LogP contribution in [0.1, 0.15) is 0 Å². The van der Waals surface area contributed by atoms with E-state index < -0.39 is 34.1 Å². The smallest absolute Gasteiger partial charge is 0.313 e. The predicted octanol–water partition coefficient (Wildman–Crippen LogP) is 2.45. The van der Waals surface area contributed by atoms with Crippen LogP contribution in [0, 0.1) is 0 Å². The summed E-state index contributed by atoms with van der Waals surface area (Å²) in [4.78, 5) is 0. The van der Waals surface area contributed by atoms with Crippen LogP contribution in [0.5, 0.6) is 0 Å². The third-order valence-corrected chi connectivity index (χ3v) is 18.9. The first-order valence-electron chi connectivity index (χ1n) is 5.72. The van der Waals surface area contributed by atoms with Crippen LogP contribution < -0.4 is 4.65 Å². The second-order valence-corrected chi connectivity index (χ2v) is 21.3. The molecule has 0 aromatic carbocycles. The Morgan fingerprint density at radius 2 is 0.875 bits per heavy atom. The minimum Gasteiger partial charge on any atom is -0.425 e. The molecule has 0 radical (unpaired) electrons. The highest BCUT2D eigenvalue weighted by Gasteiger charge is 2.48. The molecule has 0 aromatic rings. The average molecular weight is 296 g/mol. The third kappa shape index (κ3) is 4.53. The highest BCUT2D eigenvalue weighted by Crippen LogP contribution is 2.26. The number of rotatable bonds is 0. The fourth-order valence-corrected chi connectivity index (χ4v) is 25.4. The molecular weight excluding hydrogens is 270 g/mol. The van der Waals surface area contributed by atoms with Gasteiger partial charge in [0.15, 0.2) is 0 Å². The SMILES string of the molecule is C[Si]1(C)N[Si](C)(C)O[Si](C)(C)O[Si](C)(C)O1. The molecule has 16 heavy (non-hydrogen) atoms. The molecule has 0 bridgehead atoms. The van der Waals surface area contributed by atoms with Crippen LogP contribution in [0.2, 0.25) is 52.4 Å². The van der Waals surface area contributed by atoms with Crippen LogP contribution in [0.4, 0.5) is 0 Å². The van der Waals surface area contributed by atoms with Gasteiger partial charge in [0, 0.05) is 0 Å². The lowest BCUT2D eigenvalue weighted by atomic mass is 11.9. The Bertz CT molecular complexity index is 208. The zero-order valence-corrected chi connectivity index (χ0v) is 15.7. The van der Waals surface area contributed by atoms with Crippen molar-refractivity contribution in [2.45, 2.75) is 52.4 Å². The van der Waals surface area contributed by atoms with Crippen molar-refractivity contribution in [3.8, 4) is 0 Å². The van der Waals surface area contributed by atoms with Gasteiger partial charge in [-0.15, -0.1) is 0 Å². The van der Waals surface area contributed by atoms with Gasteiger partial charge in [-0.2, -0.15) is 0 Å². The molecule has 0 atom stereocenters. The highest BCUT2D eigenvalue weighted by molar-refractivity contribution is 6.96. The summed E-state index contributed by atoms with van der Waals surface area (Å²) in [6.07, 6.45) is 0. The van der Waals surface area contributed by atoms with E-state index in [1.165, 1.54) is 0 Å². The minimum atomic E-state index is -2.05. The molecule has 0 unspecified atom stereocenters. The lowest BCUT2D eigenvalue weighted by Crippen LogP contribution is -2.71. The van der Waals surface area contributed by atoms with Crippen LogP contribution in [0.25, 0.3) is 0 Å². The van der Waals surface area contributed by atoms with Gasteiger partial charge in [0.1, 0.15) is 0 Å². The molecular formula is C8H25NO3Si4. The summed E-state index contributed by atoms with van der Waals surface area (Å²) in [5.41, 5.74) is 0. The molecule has 0 aromatic heterocycles. The molecule has 1 aliphatic rings. The summed E-state index contributed by atoms with van der Waals surface area (Å²) in [5, 5.41) is 0. The topological polar surface area (TPSA) is 39.7 Å². The Morgan fingerprint density at radius 3 is 1.19 bits per heavy atom. The van der Waals surface area contributed by atoms with Gasteiger partial charge >= 0.3 is 17.1 Å². The van der Waals surface area contributed by atoms with Gasteiger partial charge in [0.2, 0.25) is 17.0 Å². The second-order valence-electron chi connectivity index (χ2n) is 6.25. The van der Waals surface area contributed by atoms with Gasteiger partial charge in [-0.3, -0.25) is 0 Å². The summed E-state index contributed by atoms with van der Waals surface area (Å²) in [7, 11) is -7.82. The fourth-order valence-electron chi connectivity index (χ4n) is 2.64. The van der Waals surface area contributed by atoms with Gasteiger partial charge in [0.05, 0.1) is 0 Å². The molecule has 0 aliphatic carbocycles. The second kappa shape index (κ2) is 4.12. The van der Waals surface area contributed by atoms with Crippen molar-refractivity contribution in [3.05, 3.63) is 0 Å². The summed E-state index contributed by atoms with van der Waals surface area (Å²) in [6.45, 7) is 17.2. The quantitative estimate of drug-likeness (QED) is 0.697. The van der Waals surface area contributed by atoms with E-state index in [2.05, 4.69) is 57.0 Å². The Hall–Kier alpha value is 0.708. The molecule has 4 nitrogen and oxygen atoms in total. The molecule has 96 valence electrons. The normalized spacial score (nSPS) is 31.5. The number of hydrogen-bond acceptors (Lipinski definition) is 4. The summed E-state index contributed by atoms with van der Waals surface area (Å²) in [6, 6.07) is 0. The van der Waals surface area contributed by atoms with E-state index in [0.717, 1.165) is 0 Å². The first-order valence-corrected chi connectivity index (χ1v) is 17.2. The van der Waals surface area contributed by atoms with Crippen molar-refractivity contribution >= 4 is 34.1 Å². The molecule has 1 aliphatic heterocycles. The highest BCUT2D eigenvalue weighted by atomic mass is 28.5. The maximum absolute atomic E-state index is 6.27. The van der Waals surface area contributed by atoms with Gasteiger partial charge in [-0.25, -0.2) is 0 Å². The van der Waals surface area contributed by atoms with Crippen LogP contribution in [0.3, 0.4) is 0 Å². The summed E-state index contributed by atoms with van der Waals surface area (Å²) in [5.74, 6) is 0. The first kappa shape index (κ1) is 14.8. The fraction of sp³-hybridized carbons (Fsp3) is 1.00. The lowest BCUT2D eigenvalue weighted by molar-refractivity contribution is 0.312. The zero-order chi connectivity index (χ0) is 12.8.